The van der Waals surface area contributed by atoms with Gasteiger partial charge in [-0.2, -0.15) is 13.2 Å². The molecule has 0 saturated heterocycles. The fourth-order valence-corrected chi connectivity index (χ4v) is 3.55. The molecule has 0 fully saturated rings. The van der Waals surface area contributed by atoms with Crippen LogP contribution < -0.4 is 10.2 Å². The first kappa shape index (κ1) is 21.1. The third kappa shape index (κ3) is 5.08. The Kier molecular flexibility index (Phi) is 5.61. The summed E-state index contributed by atoms with van der Waals surface area (Å²) >= 11 is 0. The average molecular weight is 405 g/mol. The highest BCUT2D eigenvalue weighted by Gasteiger charge is 2.48. The van der Waals surface area contributed by atoms with Crippen molar-refractivity contribution in [1.29, 1.82) is 0 Å². The summed E-state index contributed by atoms with van der Waals surface area (Å²) in [4.78, 5) is 18.0. The summed E-state index contributed by atoms with van der Waals surface area (Å²) in [5.74, 6) is 0.139. The van der Waals surface area contributed by atoms with Crippen LogP contribution in [0.15, 0.2) is 36.4 Å². The Morgan fingerprint density at radius 1 is 1.21 bits per heavy atom. The van der Waals surface area contributed by atoms with E-state index in [0.717, 1.165) is 5.56 Å². The number of carbonyl (C=O) groups excluding carboxylic acids is 1. The smallest absolute Gasteiger partial charge is 0.354 e. The third-order valence-electron chi connectivity index (χ3n) is 4.86. The molecule has 7 heteroatoms. The van der Waals surface area contributed by atoms with E-state index < -0.39 is 12.2 Å². The Hall–Kier alpha value is -2.57. The molecule has 4 nitrogen and oxygen atoms in total. The molecule has 2 aromatic rings. The van der Waals surface area contributed by atoms with Crippen molar-refractivity contribution >= 4 is 17.4 Å². The molecule has 1 N–H and O–H groups in total. The second-order valence-corrected chi connectivity index (χ2v) is 8.78. The fraction of sp³-hybridized carbons (Fsp3) is 0.455. The topological polar surface area (TPSA) is 45.2 Å². The number of aryl methyl sites for hydroxylation is 1. The summed E-state index contributed by atoms with van der Waals surface area (Å²) in [6, 6.07) is 9.15. The lowest BCUT2D eigenvalue weighted by atomic mass is 9.92. The number of carbonyl (C=O) groups is 1. The minimum Gasteiger partial charge on any atom is -0.354 e. The number of hydrogen-bond acceptors (Lipinski definition) is 3. The van der Waals surface area contributed by atoms with E-state index in [1.54, 1.807) is 13.0 Å². The van der Waals surface area contributed by atoms with Gasteiger partial charge >= 0.3 is 6.18 Å². The van der Waals surface area contributed by atoms with Crippen molar-refractivity contribution in [1.82, 2.24) is 4.98 Å². The largest absolute Gasteiger partial charge is 0.409 e. The van der Waals surface area contributed by atoms with E-state index in [1.807, 2.05) is 51.1 Å². The molecule has 1 aliphatic rings. The predicted octanol–water partition coefficient (Wildman–Crippen LogP) is 5.26. The quantitative estimate of drug-likeness (QED) is 0.755. The number of nitrogens with one attached hydrogen (secondary N) is 1. The van der Waals surface area contributed by atoms with Crippen molar-refractivity contribution < 1.29 is 18.0 Å². The molecule has 1 unspecified atom stereocenters. The molecule has 0 saturated carbocycles. The number of amides is 1. The highest BCUT2D eigenvalue weighted by Crippen LogP contribution is 2.41. The number of nitrogens with zero attached hydrogens (tertiary/aromatic N) is 2. The van der Waals surface area contributed by atoms with E-state index in [1.165, 1.54) is 4.90 Å². The number of fused-ring (bicyclic) bond motifs is 1. The fourth-order valence-electron chi connectivity index (χ4n) is 3.55. The average Bonchev–Trinajstić information content (AvgIpc) is 2.92. The maximum absolute atomic E-state index is 13.7. The van der Waals surface area contributed by atoms with Gasteiger partial charge < -0.3 is 10.2 Å². The molecule has 1 aromatic carbocycles. The minimum absolute atomic E-state index is 0.148. The highest BCUT2D eigenvalue weighted by molar-refractivity contribution is 5.91. The van der Waals surface area contributed by atoms with E-state index >= 15 is 0 Å². The number of rotatable bonds is 4. The van der Waals surface area contributed by atoms with Crippen molar-refractivity contribution in [3.63, 3.8) is 0 Å². The molecular formula is C22H26F3N3O. The normalized spacial score (nSPS) is 16.7. The Labute approximate surface area is 169 Å². The number of halogens is 3. The van der Waals surface area contributed by atoms with Crippen molar-refractivity contribution in [2.24, 2.45) is 5.41 Å². The molecule has 0 spiro atoms. The van der Waals surface area contributed by atoms with Crippen LogP contribution in [-0.2, 0) is 17.8 Å². The molecule has 3 rings (SSSR count). The maximum atomic E-state index is 13.7. The molecule has 29 heavy (non-hydrogen) atoms. The minimum atomic E-state index is -4.38. The molecule has 0 aliphatic carbocycles. The number of anilines is 2. The summed E-state index contributed by atoms with van der Waals surface area (Å²) in [5.41, 5.74) is 2.09. The standard InChI is InChI=1S/C22H26F3N3O/c1-14-10-17-16(26-20(14)27-19(29)12-21(2,3)4)11-18(22(23,24)25)28(17)13-15-8-6-5-7-9-15/h5-10,18H,11-13H2,1-4H3,(H,26,27,29). The molecule has 1 aliphatic heterocycles. The van der Waals surface area contributed by atoms with Gasteiger partial charge in [0.25, 0.3) is 0 Å². The van der Waals surface area contributed by atoms with Crippen LogP contribution in [0, 0.1) is 12.3 Å². The molecule has 1 amide bonds. The van der Waals surface area contributed by atoms with Crippen molar-refractivity contribution in [3.05, 3.63) is 53.2 Å². The van der Waals surface area contributed by atoms with E-state index in [4.69, 9.17) is 0 Å². The van der Waals surface area contributed by atoms with Crippen LogP contribution in [0.1, 0.15) is 44.0 Å². The van der Waals surface area contributed by atoms with Gasteiger partial charge in [0.1, 0.15) is 11.9 Å². The molecule has 0 bridgehead atoms. The first-order valence-electron chi connectivity index (χ1n) is 9.62. The van der Waals surface area contributed by atoms with Crippen LogP contribution in [0.3, 0.4) is 0 Å². The van der Waals surface area contributed by atoms with Crippen LogP contribution in [0.4, 0.5) is 24.7 Å². The van der Waals surface area contributed by atoms with E-state index in [2.05, 4.69) is 10.3 Å². The third-order valence-corrected chi connectivity index (χ3v) is 4.86. The molecule has 2 heterocycles. The van der Waals surface area contributed by atoms with Gasteiger partial charge in [-0.05, 0) is 29.5 Å². The van der Waals surface area contributed by atoms with Crippen molar-refractivity contribution in [3.8, 4) is 0 Å². The second-order valence-electron chi connectivity index (χ2n) is 8.78. The zero-order chi connectivity index (χ0) is 21.4. The van der Waals surface area contributed by atoms with Gasteiger partial charge in [-0.1, -0.05) is 51.1 Å². The first-order valence-corrected chi connectivity index (χ1v) is 9.62. The van der Waals surface area contributed by atoms with Gasteiger partial charge in [0.2, 0.25) is 5.91 Å². The van der Waals surface area contributed by atoms with Crippen LogP contribution in [-0.4, -0.2) is 23.1 Å². The SMILES string of the molecule is Cc1cc2c(nc1NC(=O)CC(C)(C)C)CC(C(F)(F)F)N2Cc1ccccc1. The first-order chi connectivity index (χ1) is 13.4. The predicted molar refractivity (Wildman–Crippen MR) is 108 cm³/mol. The summed E-state index contributed by atoms with van der Waals surface area (Å²) in [5, 5.41) is 2.76. The van der Waals surface area contributed by atoms with Crippen LogP contribution in [0.5, 0.6) is 0 Å². The van der Waals surface area contributed by atoms with E-state index in [0.29, 0.717) is 29.2 Å². The summed E-state index contributed by atoms with van der Waals surface area (Å²) in [6.45, 7) is 7.75. The zero-order valence-electron chi connectivity index (χ0n) is 17.1. The number of benzene rings is 1. The Bertz CT molecular complexity index is 889. The molecule has 1 atom stereocenters. The molecule has 1 aromatic heterocycles. The Balaban J connectivity index is 1.91. The van der Waals surface area contributed by atoms with Gasteiger partial charge in [0.05, 0.1) is 11.4 Å². The summed E-state index contributed by atoms with van der Waals surface area (Å²) in [7, 11) is 0. The van der Waals surface area contributed by atoms with Crippen molar-refractivity contribution in [2.75, 3.05) is 10.2 Å². The monoisotopic (exact) mass is 405 g/mol. The lowest BCUT2D eigenvalue weighted by Crippen LogP contribution is -2.43. The summed E-state index contributed by atoms with van der Waals surface area (Å²) in [6.07, 6.45) is -4.30. The number of aromatic nitrogens is 1. The van der Waals surface area contributed by atoms with E-state index in [-0.39, 0.29) is 24.3 Å². The number of hydrogen-bond donors (Lipinski definition) is 1. The maximum Gasteiger partial charge on any atom is 0.409 e. The second kappa shape index (κ2) is 7.69. The van der Waals surface area contributed by atoms with Crippen molar-refractivity contribution in [2.45, 2.75) is 59.3 Å². The molecular weight excluding hydrogens is 379 g/mol. The van der Waals surface area contributed by atoms with Crippen LogP contribution in [0.25, 0.3) is 0 Å². The molecule has 0 radical (unpaired) electrons. The highest BCUT2D eigenvalue weighted by atomic mass is 19.4. The lowest BCUT2D eigenvalue weighted by molar-refractivity contribution is -0.147. The molecule has 156 valence electrons. The Morgan fingerprint density at radius 3 is 2.45 bits per heavy atom. The van der Waals surface area contributed by atoms with Gasteiger partial charge in [0, 0.05) is 19.4 Å². The van der Waals surface area contributed by atoms with Gasteiger partial charge in [-0.3, -0.25) is 4.79 Å². The Morgan fingerprint density at radius 2 is 1.86 bits per heavy atom. The van der Waals surface area contributed by atoms with E-state index in [9.17, 15) is 18.0 Å². The van der Waals surface area contributed by atoms with Gasteiger partial charge in [0.15, 0.2) is 0 Å². The van der Waals surface area contributed by atoms with Crippen LogP contribution in [0.2, 0.25) is 0 Å². The zero-order valence-corrected chi connectivity index (χ0v) is 17.1. The summed E-state index contributed by atoms with van der Waals surface area (Å²) < 4.78 is 41.2. The van der Waals surface area contributed by atoms with Crippen LogP contribution >= 0.6 is 0 Å². The van der Waals surface area contributed by atoms with Gasteiger partial charge in [-0.15, -0.1) is 0 Å². The van der Waals surface area contributed by atoms with Gasteiger partial charge in [-0.25, -0.2) is 4.98 Å². The lowest BCUT2D eigenvalue weighted by Gasteiger charge is -2.29. The number of alkyl halides is 3. The number of pyridine rings is 1.